The van der Waals surface area contributed by atoms with Crippen LogP contribution < -0.4 is 0 Å². The number of carbonyl (C=O) groups excluding carboxylic acids is 6. The van der Waals surface area contributed by atoms with E-state index in [4.69, 9.17) is 42.6 Å². The number of rotatable bonds is 10. The van der Waals surface area contributed by atoms with E-state index in [-0.39, 0.29) is 0 Å². The third-order valence-electron chi connectivity index (χ3n) is 5.63. The fourth-order valence-corrected chi connectivity index (χ4v) is 4.17. The van der Waals surface area contributed by atoms with Crippen LogP contribution in [0.3, 0.4) is 0 Å². The first-order valence-electron chi connectivity index (χ1n) is 12.4. The summed E-state index contributed by atoms with van der Waals surface area (Å²) in [7, 11) is 0. The number of aliphatic hydroxyl groups is 2. The van der Waals surface area contributed by atoms with E-state index in [1.807, 2.05) is 0 Å². The Morgan fingerprint density at radius 2 is 0.976 bits per heavy atom. The van der Waals surface area contributed by atoms with Gasteiger partial charge in [-0.15, -0.1) is 0 Å². The van der Waals surface area contributed by atoms with Crippen LogP contribution in [0.4, 0.5) is 0 Å². The normalized spacial score (nSPS) is 33.1. The second kappa shape index (κ2) is 15.0. The van der Waals surface area contributed by atoms with Gasteiger partial charge < -0.3 is 52.8 Å². The van der Waals surface area contributed by atoms with Crippen LogP contribution in [-0.2, 0) is 71.4 Å². The summed E-state index contributed by atoms with van der Waals surface area (Å²) in [4.78, 5) is 70.6. The molecule has 0 amide bonds. The highest BCUT2D eigenvalue weighted by molar-refractivity contribution is 5.68. The summed E-state index contributed by atoms with van der Waals surface area (Å²) in [6.07, 6.45) is -16.3. The van der Waals surface area contributed by atoms with Crippen molar-refractivity contribution in [1.82, 2.24) is 0 Å². The Kier molecular flexibility index (Phi) is 12.4. The summed E-state index contributed by atoms with van der Waals surface area (Å²) in [6, 6.07) is 0. The van der Waals surface area contributed by atoms with Crippen LogP contribution >= 0.6 is 0 Å². The van der Waals surface area contributed by atoms with E-state index in [9.17, 15) is 39.0 Å². The first-order valence-corrected chi connectivity index (χ1v) is 12.4. The van der Waals surface area contributed by atoms with Gasteiger partial charge in [-0.3, -0.25) is 28.8 Å². The predicted octanol–water partition coefficient (Wildman–Crippen LogP) is -1.97. The highest BCUT2D eigenvalue weighted by Gasteiger charge is 2.56. The second-order valence-corrected chi connectivity index (χ2v) is 9.10. The third kappa shape index (κ3) is 9.89. The second-order valence-electron chi connectivity index (χ2n) is 9.10. The molecule has 0 aromatic rings. The average Bonchev–Trinajstić information content (AvgIpc) is 2.83. The molecule has 2 heterocycles. The summed E-state index contributed by atoms with van der Waals surface area (Å²) < 4.78 is 48.0. The fourth-order valence-electron chi connectivity index (χ4n) is 4.17. The highest BCUT2D eigenvalue weighted by atomic mass is 16.8. The maximum Gasteiger partial charge on any atom is 0.303 e. The molecule has 0 aromatic carbocycles. The van der Waals surface area contributed by atoms with Crippen molar-refractivity contribution in [2.24, 2.45) is 0 Å². The summed E-state index contributed by atoms with van der Waals surface area (Å²) in [5.74, 6) is -5.07. The highest BCUT2D eigenvalue weighted by Crippen LogP contribution is 2.33. The zero-order chi connectivity index (χ0) is 31.0. The third-order valence-corrected chi connectivity index (χ3v) is 5.63. The molecule has 0 aliphatic carbocycles. The van der Waals surface area contributed by atoms with Gasteiger partial charge in [0.05, 0.1) is 0 Å². The van der Waals surface area contributed by atoms with Gasteiger partial charge in [0.1, 0.15) is 37.6 Å². The van der Waals surface area contributed by atoms with Gasteiger partial charge in [0.15, 0.2) is 37.0 Å². The quantitative estimate of drug-likeness (QED) is 0.206. The van der Waals surface area contributed by atoms with Crippen molar-refractivity contribution in [1.29, 1.82) is 0 Å². The molecule has 17 heteroatoms. The number of ether oxygens (including phenoxy) is 9. The minimum Gasteiger partial charge on any atom is -0.463 e. The summed E-state index contributed by atoms with van der Waals surface area (Å²) in [6.45, 7) is 5.14. The van der Waals surface area contributed by atoms with Gasteiger partial charge in [0, 0.05) is 41.5 Å². The van der Waals surface area contributed by atoms with E-state index in [0.29, 0.717) is 0 Å². The molecule has 0 bridgehead atoms. The van der Waals surface area contributed by atoms with Crippen molar-refractivity contribution >= 4 is 35.8 Å². The van der Waals surface area contributed by atoms with Crippen LogP contribution in [0.5, 0.6) is 0 Å². The number of esters is 6. The van der Waals surface area contributed by atoms with E-state index in [2.05, 4.69) is 0 Å². The van der Waals surface area contributed by atoms with Gasteiger partial charge in [-0.2, -0.15) is 0 Å². The molecule has 0 saturated carbocycles. The molecule has 2 aliphatic heterocycles. The molecule has 10 atom stereocenters. The molecule has 2 saturated heterocycles. The number of hydrogen-bond acceptors (Lipinski definition) is 17. The topological polar surface area (TPSA) is 226 Å². The van der Waals surface area contributed by atoms with E-state index in [1.165, 1.54) is 0 Å². The van der Waals surface area contributed by atoms with E-state index >= 15 is 0 Å². The Morgan fingerprint density at radius 3 is 1.46 bits per heavy atom. The van der Waals surface area contributed by atoms with Gasteiger partial charge >= 0.3 is 35.8 Å². The number of aliphatic hydroxyl groups excluding tert-OH is 2. The lowest BCUT2D eigenvalue weighted by atomic mass is 9.96. The van der Waals surface area contributed by atoms with Gasteiger partial charge in [-0.1, -0.05) is 0 Å². The van der Waals surface area contributed by atoms with E-state index in [1.54, 1.807) is 0 Å². The maximum atomic E-state index is 12.0. The number of hydrogen-bond donors (Lipinski definition) is 2. The molecule has 232 valence electrons. The molecule has 2 rings (SSSR count). The molecule has 0 aromatic heterocycles. The lowest BCUT2D eigenvalue weighted by Gasteiger charge is -2.47. The van der Waals surface area contributed by atoms with Crippen molar-refractivity contribution in [2.75, 3.05) is 13.2 Å². The minimum atomic E-state index is -1.88. The molecule has 0 spiro atoms. The Balaban J connectivity index is 2.57. The molecule has 2 N–H and O–H groups in total. The SMILES string of the molecule is CC(=O)OCC1O[C@@H](O)C(OC(C)=O)[C@@H](OC(C)=O)[C@@H]1O[C@H]1OC(COC(C)=O)[C@H](O)[C@H](OC(C)=O)C1OC(C)=O. The summed E-state index contributed by atoms with van der Waals surface area (Å²) in [5, 5.41) is 21.4. The molecule has 2 fully saturated rings. The Labute approximate surface area is 234 Å². The van der Waals surface area contributed by atoms with Crippen LogP contribution in [-0.4, -0.2) is 121 Å². The van der Waals surface area contributed by atoms with Crippen LogP contribution in [0.2, 0.25) is 0 Å². The van der Waals surface area contributed by atoms with E-state index < -0.39 is 110 Å². The maximum absolute atomic E-state index is 12.0. The average molecular weight is 595 g/mol. The first kappa shape index (κ1) is 33.8. The van der Waals surface area contributed by atoms with Crippen molar-refractivity contribution in [3.05, 3.63) is 0 Å². The first-order chi connectivity index (χ1) is 19.1. The molecular weight excluding hydrogens is 560 g/mol. The molecule has 4 unspecified atom stereocenters. The van der Waals surface area contributed by atoms with Gasteiger partial charge in [-0.25, -0.2) is 0 Å². The summed E-state index contributed by atoms with van der Waals surface area (Å²) in [5.41, 5.74) is 0. The molecular formula is C24H34O17. The predicted molar refractivity (Wildman–Crippen MR) is 126 cm³/mol. The Bertz CT molecular complexity index is 981. The monoisotopic (exact) mass is 594 g/mol. The van der Waals surface area contributed by atoms with Crippen LogP contribution in [0.25, 0.3) is 0 Å². The van der Waals surface area contributed by atoms with Crippen molar-refractivity contribution in [3.63, 3.8) is 0 Å². The van der Waals surface area contributed by atoms with Crippen LogP contribution in [0, 0.1) is 0 Å². The molecule has 17 nitrogen and oxygen atoms in total. The Hall–Kier alpha value is -3.38. The van der Waals surface area contributed by atoms with Crippen molar-refractivity contribution in [2.45, 2.75) is 103 Å². The Morgan fingerprint density at radius 1 is 0.537 bits per heavy atom. The largest absolute Gasteiger partial charge is 0.463 e. The zero-order valence-corrected chi connectivity index (χ0v) is 23.2. The van der Waals surface area contributed by atoms with Crippen LogP contribution in [0.1, 0.15) is 41.5 Å². The molecule has 2 aliphatic rings. The van der Waals surface area contributed by atoms with Crippen molar-refractivity contribution in [3.8, 4) is 0 Å². The van der Waals surface area contributed by atoms with Crippen LogP contribution in [0.15, 0.2) is 0 Å². The standard InChI is InChI=1S/C24H34O17/c1-9(25)33-7-15-17(31)19(35-11(3)27)22(38-14(6)30)24(40-15)41-18-16(8-34-10(2)26)39-23(32)21(37-13(5)29)20(18)36-12(4)28/h15-24,31-32H,7-8H2,1-6H3/t15?,16?,17-,18+,19-,20-,21?,22?,23+,24+/m0/s1. The molecule has 41 heavy (non-hydrogen) atoms. The van der Waals surface area contributed by atoms with Gasteiger partial charge in [-0.05, 0) is 0 Å². The van der Waals surface area contributed by atoms with E-state index in [0.717, 1.165) is 41.5 Å². The van der Waals surface area contributed by atoms with Gasteiger partial charge in [0.25, 0.3) is 0 Å². The minimum absolute atomic E-state index is 0.554. The summed E-state index contributed by atoms with van der Waals surface area (Å²) >= 11 is 0. The van der Waals surface area contributed by atoms with Gasteiger partial charge in [0.2, 0.25) is 0 Å². The molecule has 0 radical (unpaired) electrons. The number of carbonyl (C=O) groups is 6. The lowest BCUT2D eigenvalue weighted by molar-refractivity contribution is -0.357. The smallest absolute Gasteiger partial charge is 0.303 e. The zero-order valence-electron chi connectivity index (χ0n) is 23.2. The fraction of sp³-hybridized carbons (Fsp3) is 0.750. The lowest BCUT2D eigenvalue weighted by Crippen LogP contribution is -2.66. The van der Waals surface area contributed by atoms with Crippen molar-refractivity contribution < 1.29 is 81.6 Å².